The number of hydrogen-bond acceptors (Lipinski definition) is 5. The van der Waals surface area contributed by atoms with Crippen molar-refractivity contribution in [3.8, 4) is 11.3 Å². The molecule has 134 valence electrons. The number of aromatic nitrogens is 3. The first-order valence-electron chi connectivity index (χ1n) is 8.18. The van der Waals surface area contributed by atoms with Gasteiger partial charge in [0.15, 0.2) is 5.13 Å². The van der Waals surface area contributed by atoms with Gasteiger partial charge >= 0.3 is 0 Å². The van der Waals surface area contributed by atoms with Gasteiger partial charge in [-0.15, -0.1) is 11.3 Å². The fraction of sp³-hybridized carbons (Fsp3) is 0.222. The number of halogens is 1. The Morgan fingerprint density at radius 1 is 1.27 bits per heavy atom. The zero-order valence-electron chi connectivity index (χ0n) is 14.1. The molecule has 0 spiro atoms. The molecule has 1 aromatic carbocycles. The van der Waals surface area contributed by atoms with Gasteiger partial charge in [-0.25, -0.2) is 9.67 Å². The van der Waals surface area contributed by atoms with Crippen molar-refractivity contribution in [3.63, 3.8) is 0 Å². The van der Waals surface area contributed by atoms with Crippen molar-refractivity contribution < 1.29 is 4.79 Å². The van der Waals surface area contributed by atoms with Crippen LogP contribution in [0.4, 0.5) is 5.13 Å². The molecule has 8 heteroatoms. The third-order valence-corrected chi connectivity index (χ3v) is 4.78. The number of anilines is 1. The summed E-state index contributed by atoms with van der Waals surface area (Å²) in [6, 6.07) is 10.2. The first kappa shape index (κ1) is 18.3. The zero-order valence-corrected chi connectivity index (χ0v) is 15.7. The topological polar surface area (TPSA) is 76.9 Å². The van der Waals surface area contributed by atoms with Crippen molar-refractivity contribution in [1.82, 2.24) is 14.8 Å². The predicted molar refractivity (Wildman–Crippen MR) is 104 cm³/mol. The monoisotopic (exact) mass is 388 g/mol. The molecule has 0 radical (unpaired) electrons. The zero-order chi connectivity index (χ0) is 18.5. The summed E-state index contributed by atoms with van der Waals surface area (Å²) in [4.78, 5) is 28.6. The molecule has 3 rings (SSSR count). The minimum absolute atomic E-state index is 0.176. The standard InChI is InChI=1S/C18H17ClN4O2S/c1-2-3-10-23-16(24)9-8-14(22-23)17(25)21-18-20-15(11-26-18)12-6-4-5-7-13(12)19/h4-9,11H,2-3,10H2,1H3,(H,20,21,25). The largest absolute Gasteiger partial charge is 0.296 e. The predicted octanol–water partition coefficient (Wildman–Crippen LogP) is 4.07. The van der Waals surface area contributed by atoms with Crippen LogP contribution in [-0.2, 0) is 6.54 Å². The second kappa shape index (κ2) is 8.25. The highest BCUT2D eigenvalue weighted by Gasteiger charge is 2.13. The lowest BCUT2D eigenvalue weighted by atomic mass is 10.2. The second-order valence-corrected chi connectivity index (χ2v) is 6.87. The molecule has 26 heavy (non-hydrogen) atoms. The number of benzene rings is 1. The third kappa shape index (κ3) is 4.17. The first-order chi connectivity index (χ1) is 12.6. The summed E-state index contributed by atoms with van der Waals surface area (Å²) in [5.41, 5.74) is 1.45. The molecule has 0 aliphatic rings. The molecular formula is C18H17ClN4O2S. The van der Waals surface area contributed by atoms with Crippen LogP contribution < -0.4 is 10.9 Å². The van der Waals surface area contributed by atoms with E-state index in [2.05, 4.69) is 15.4 Å². The molecule has 0 saturated heterocycles. The molecule has 2 aromatic heterocycles. The van der Waals surface area contributed by atoms with E-state index in [1.807, 2.05) is 30.5 Å². The number of nitrogens with one attached hydrogen (secondary N) is 1. The molecular weight excluding hydrogens is 372 g/mol. The van der Waals surface area contributed by atoms with E-state index in [4.69, 9.17) is 11.6 Å². The maximum atomic E-state index is 12.4. The maximum Gasteiger partial charge on any atom is 0.277 e. The van der Waals surface area contributed by atoms with Crippen LogP contribution in [-0.4, -0.2) is 20.7 Å². The number of amides is 1. The van der Waals surface area contributed by atoms with Crippen molar-refractivity contribution in [1.29, 1.82) is 0 Å². The van der Waals surface area contributed by atoms with E-state index in [9.17, 15) is 9.59 Å². The molecule has 1 N–H and O–H groups in total. The van der Waals surface area contributed by atoms with Crippen LogP contribution in [0.1, 0.15) is 30.3 Å². The molecule has 0 bridgehead atoms. The Morgan fingerprint density at radius 3 is 2.85 bits per heavy atom. The fourth-order valence-corrected chi connectivity index (χ4v) is 3.26. The van der Waals surface area contributed by atoms with E-state index in [0.717, 1.165) is 18.4 Å². The number of hydrogen-bond donors (Lipinski definition) is 1. The van der Waals surface area contributed by atoms with Gasteiger partial charge in [0, 0.05) is 28.6 Å². The highest BCUT2D eigenvalue weighted by atomic mass is 35.5. The average Bonchev–Trinajstić information content (AvgIpc) is 3.09. The van der Waals surface area contributed by atoms with Gasteiger partial charge < -0.3 is 0 Å². The number of unbranched alkanes of at least 4 members (excludes halogenated alkanes) is 1. The lowest BCUT2D eigenvalue weighted by molar-refractivity contribution is 0.101. The molecule has 0 aliphatic carbocycles. The van der Waals surface area contributed by atoms with Crippen molar-refractivity contribution in [2.75, 3.05) is 5.32 Å². The Bertz CT molecular complexity index is 983. The Hall–Kier alpha value is -2.51. The van der Waals surface area contributed by atoms with Gasteiger partial charge in [0.25, 0.3) is 11.5 Å². The first-order valence-corrected chi connectivity index (χ1v) is 9.44. The Morgan fingerprint density at radius 2 is 2.08 bits per heavy atom. The fourth-order valence-electron chi connectivity index (χ4n) is 2.32. The smallest absolute Gasteiger partial charge is 0.277 e. The molecule has 2 heterocycles. The van der Waals surface area contributed by atoms with E-state index < -0.39 is 5.91 Å². The van der Waals surface area contributed by atoms with Gasteiger partial charge in [-0.1, -0.05) is 43.1 Å². The lowest BCUT2D eigenvalue weighted by Gasteiger charge is -2.06. The van der Waals surface area contributed by atoms with Crippen LogP contribution >= 0.6 is 22.9 Å². The molecule has 0 atom stereocenters. The summed E-state index contributed by atoms with van der Waals surface area (Å²) >= 11 is 7.48. The lowest BCUT2D eigenvalue weighted by Crippen LogP contribution is -2.26. The number of thiazole rings is 1. The normalized spacial score (nSPS) is 10.7. The summed E-state index contributed by atoms with van der Waals surface area (Å²) in [5, 5.41) is 9.72. The van der Waals surface area contributed by atoms with E-state index in [1.165, 1.54) is 28.2 Å². The van der Waals surface area contributed by atoms with Crippen molar-refractivity contribution in [3.05, 3.63) is 62.8 Å². The molecule has 6 nitrogen and oxygen atoms in total. The number of rotatable bonds is 6. The molecule has 3 aromatic rings. The number of nitrogens with zero attached hydrogens (tertiary/aromatic N) is 3. The van der Waals surface area contributed by atoms with Crippen LogP contribution in [0.3, 0.4) is 0 Å². The average molecular weight is 389 g/mol. The van der Waals surface area contributed by atoms with Gasteiger partial charge in [0.1, 0.15) is 5.69 Å². The molecule has 1 amide bonds. The van der Waals surface area contributed by atoms with Crippen LogP contribution in [0.15, 0.2) is 46.6 Å². The Labute approximate surface area is 159 Å². The van der Waals surface area contributed by atoms with Crippen LogP contribution in [0.5, 0.6) is 0 Å². The van der Waals surface area contributed by atoms with Crippen LogP contribution in [0.2, 0.25) is 5.02 Å². The summed E-state index contributed by atoms with van der Waals surface area (Å²) in [5.74, 6) is -0.407. The second-order valence-electron chi connectivity index (χ2n) is 5.61. The Kier molecular flexibility index (Phi) is 5.80. The SMILES string of the molecule is CCCCn1nc(C(=O)Nc2nc(-c3ccccc3Cl)cs2)ccc1=O. The van der Waals surface area contributed by atoms with Crippen LogP contribution in [0.25, 0.3) is 11.3 Å². The third-order valence-electron chi connectivity index (χ3n) is 3.70. The van der Waals surface area contributed by atoms with Gasteiger partial charge in [0.2, 0.25) is 0 Å². The van der Waals surface area contributed by atoms with Gasteiger partial charge in [-0.3, -0.25) is 14.9 Å². The quantitative estimate of drug-likeness (QED) is 0.690. The van der Waals surface area contributed by atoms with E-state index in [0.29, 0.717) is 22.4 Å². The highest BCUT2D eigenvalue weighted by molar-refractivity contribution is 7.14. The maximum absolute atomic E-state index is 12.4. The molecule has 0 aliphatic heterocycles. The van der Waals surface area contributed by atoms with Gasteiger partial charge in [0.05, 0.1) is 5.69 Å². The van der Waals surface area contributed by atoms with E-state index in [1.54, 1.807) is 6.07 Å². The molecule has 0 unspecified atom stereocenters. The van der Waals surface area contributed by atoms with Crippen molar-refractivity contribution >= 4 is 34.0 Å². The van der Waals surface area contributed by atoms with Gasteiger partial charge in [-0.05, 0) is 18.6 Å². The van der Waals surface area contributed by atoms with Gasteiger partial charge in [-0.2, -0.15) is 5.10 Å². The highest BCUT2D eigenvalue weighted by Crippen LogP contribution is 2.30. The number of carbonyl (C=O) groups is 1. The van der Waals surface area contributed by atoms with E-state index >= 15 is 0 Å². The summed E-state index contributed by atoms with van der Waals surface area (Å²) < 4.78 is 1.31. The van der Waals surface area contributed by atoms with E-state index in [-0.39, 0.29) is 11.3 Å². The number of aryl methyl sites for hydroxylation is 1. The number of carbonyl (C=O) groups excluding carboxylic acids is 1. The minimum atomic E-state index is -0.407. The van der Waals surface area contributed by atoms with Crippen molar-refractivity contribution in [2.24, 2.45) is 0 Å². The van der Waals surface area contributed by atoms with Crippen LogP contribution in [0, 0.1) is 0 Å². The summed E-state index contributed by atoms with van der Waals surface area (Å²) in [6.07, 6.45) is 1.76. The molecule has 0 saturated carbocycles. The summed E-state index contributed by atoms with van der Waals surface area (Å²) in [7, 11) is 0. The van der Waals surface area contributed by atoms with Crippen molar-refractivity contribution in [2.45, 2.75) is 26.3 Å². The summed E-state index contributed by atoms with van der Waals surface area (Å²) in [6.45, 7) is 2.52. The minimum Gasteiger partial charge on any atom is -0.296 e. The molecule has 0 fully saturated rings. The Balaban J connectivity index is 1.77.